The standard InChI is InChI=1S/C38H24N2OS/c1-3-11-25(12-4-1)29-22-30(24-32(23-29)42-31-15-5-2-6-16-31)38-39-35(28-20-19-26-13-7-8-14-27(26)21-28)37-36(40-38)33-17-9-10-18-34(33)41-37/h1-24H. The summed E-state index contributed by atoms with van der Waals surface area (Å²) in [6, 6.07) is 50.5. The maximum Gasteiger partial charge on any atom is 0.180 e. The fourth-order valence-electron chi connectivity index (χ4n) is 5.46. The quantitative estimate of drug-likeness (QED) is 0.211. The zero-order valence-electron chi connectivity index (χ0n) is 22.6. The summed E-state index contributed by atoms with van der Waals surface area (Å²) in [5.74, 6) is 0.671. The molecule has 8 rings (SSSR count). The van der Waals surface area contributed by atoms with Crippen molar-refractivity contribution in [2.75, 3.05) is 0 Å². The van der Waals surface area contributed by atoms with Crippen molar-refractivity contribution in [1.29, 1.82) is 0 Å². The molecule has 0 aliphatic heterocycles. The molecule has 8 aromatic rings. The second-order valence-corrected chi connectivity index (χ2v) is 11.4. The number of rotatable bonds is 5. The highest BCUT2D eigenvalue weighted by atomic mass is 32.2. The van der Waals surface area contributed by atoms with Gasteiger partial charge in [-0.2, -0.15) is 0 Å². The summed E-state index contributed by atoms with van der Waals surface area (Å²) in [7, 11) is 0. The Labute approximate surface area is 247 Å². The van der Waals surface area contributed by atoms with Gasteiger partial charge in [0.2, 0.25) is 0 Å². The molecule has 42 heavy (non-hydrogen) atoms. The predicted octanol–water partition coefficient (Wildman–Crippen LogP) is 10.7. The van der Waals surface area contributed by atoms with E-state index in [0.717, 1.165) is 54.7 Å². The Hall–Kier alpha value is -5.19. The molecule has 2 aromatic heterocycles. The van der Waals surface area contributed by atoms with Crippen LogP contribution in [0.5, 0.6) is 0 Å². The van der Waals surface area contributed by atoms with Gasteiger partial charge in [-0.3, -0.25) is 0 Å². The minimum absolute atomic E-state index is 0.671. The van der Waals surface area contributed by atoms with Crippen molar-refractivity contribution < 1.29 is 4.42 Å². The van der Waals surface area contributed by atoms with Gasteiger partial charge in [-0.25, -0.2) is 9.97 Å². The van der Waals surface area contributed by atoms with Crippen LogP contribution in [0.3, 0.4) is 0 Å². The lowest BCUT2D eigenvalue weighted by atomic mass is 10.0. The van der Waals surface area contributed by atoms with Crippen LogP contribution >= 0.6 is 11.8 Å². The number of hydrogen-bond donors (Lipinski definition) is 0. The van der Waals surface area contributed by atoms with Crippen molar-refractivity contribution >= 4 is 44.6 Å². The average Bonchev–Trinajstić information content (AvgIpc) is 3.43. The molecule has 0 aliphatic carbocycles. The molecule has 0 aliphatic rings. The van der Waals surface area contributed by atoms with Gasteiger partial charge in [0.25, 0.3) is 0 Å². The Morgan fingerprint density at radius 1 is 0.476 bits per heavy atom. The van der Waals surface area contributed by atoms with Crippen LogP contribution in [-0.4, -0.2) is 9.97 Å². The van der Waals surface area contributed by atoms with E-state index in [1.54, 1.807) is 11.8 Å². The van der Waals surface area contributed by atoms with Crippen LogP contribution in [0, 0.1) is 0 Å². The summed E-state index contributed by atoms with van der Waals surface area (Å²) in [6.07, 6.45) is 0. The predicted molar refractivity (Wildman–Crippen MR) is 174 cm³/mol. The molecule has 0 saturated carbocycles. The smallest absolute Gasteiger partial charge is 0.180 e. The molecule has 0 atom stereocenters. The van der Waals surface area contributed by atoms with Gasteiger partial charge in [0.15, 0.2) is 11.4 Å². The van der Waals surface area contributed by atoms with E-state index in [0.29, 0.717) is 11.4 Å². The maximum atomic E-state index is 6.41. The van der Waals surface area contributed by atoms with Crippen LogP contribution in [0.1, 0.15) is 0 Å². The zero-order chi connectivity index (χ0) is 27.9. The van der Waals surface area contributed by atoms with Crippen molar-refractivity contribution in [2.24, 2.45) is 0 Å². The van der Waals surface area contributed by atoms with Crippen LogP contribution < -0.4 is 0 Å². The summed E-state index contributed by atoms with van der Waals surface area (Å²) < 4.78 is 6.41. The highest BCUT2D eigenvalue weighted by Crippen LogP contribution is 2.39. The molecule has 2 heterocycles. The molecule has 0 bridgehead atoms. The van der Waals surface area contributed by atoms with Gasteiger partial charge in [-0.05, 0) is 70.4 Å². The molecule has 0 N–H and O–H groups in total. The highest BCUT2D eigenvalue weighted by Gasteiger charge is 2.19. The lowest BCUT2D eigenvalue weighted by Gasteiger charge is -2.11. The Morgan fingerprint density at radius 3 is 2.05 bits per heavy atom. The lowest BCUT2D eigenvalue weighted by Crippen LogP contribution is -1.95. The van der Waals surface area contributed by atoms with Crippen molar-refractivity contribution in [1.82, 2.24) is 9.97 Å². The third-order valence-corrected chi connectivity index (χ3v) is 8.47. The summed E-state index contributed by atoms with van der Waals surface area (Å²) >= 11 is 1.74. The molecule has 6 aromatic carbocycles. The van der Waals surface area contributed by atoms with E-state index >= 15 is 0 Å². The largest absolute Gasteiger partial charge is 0.452 e. The van der Waals surface area contributed by atoms with Crippen LogP contribution in [0.4, 0.5) is 0 Å². The third kappa shape index (κ3) is 4.52. The highest BCUT2D eigenvalue weighted by molar-refractivity contribution is 7.99. The molecule has 198 valence electrons. The van der Waals surface area contributed by atoms with Crippen LogP contribution in [0.2, 0.25) is 0 Å². The van der Waals surface area contributed by atoms with Gasteiger partial charge < -0.3 is 4.42 Å². The molecular formula is C38H24N2OS. The normalized spacial score (nSPS) is 11.4. The minimum Gasteiger partial charge on any atom is -0.452 e. The summed E-state index contributed by atoms with van der Waals surface area (Å²) in [5, 5.41) is 3.33. The number of aromatic nitrogens is 2. The first-order valence-electron chi connectivity index (χ1n) is 13.9. The van der Waals surface area contributed by atoms with E-state index in [9.17, 15) is 0 Å². The number of furan rings is 1. The molecule has 0 saturated heterocycles. The van der Waals surface area contributed by atoms with E-state index in [-0.39, 0.29) is 0 Å². The molecule has 0 spiro atoms. The Kier molecular flexibility index (Phi) is 6.05. The fourth-order valence-corrected chi connectivity index (χ4v) is 6.40. The van der Waals surface area contributed by atoms with Gasteiger partial charge in [0.1, 0.15) is 16.8 Å². The summed E-state index contributed by atoms with van der Waals surface area (Å²) in [4.78, 5) is 12.7. The molecule has 4 heteroatoms. The summed E-state index contributed by atoms with van der Waals surface area (Å²) in [6.45, 7) is 0. The van der Waals surface area contributed by atoms with Crippen LogP contribution in [0.25, 0.3) is 66.6 Å². The van der Waals surface area contributed by atoms with E-state index in [4.69, 9.17) is 14.4 Å². The van der Waals surface area contributed by atoms with Gasteiger partial charge in [0, 0.05) is 26.3 Å². The van der Waals surface area contributed by atoms with Gasteiger partial charge >= 0.3 is 0 Å². The number of nitrogens with zero attached hydrogens (tertiary/aromatic N) is 2. The number of benzene rings is 6. The van der Waals surface area contributed by atoms with E-state index in [1.807, 2.05) is 30.3 Å². The number of hydrogen-bond acceptors (Lipinski definition) is 4. The van der Waals surface area contributed by atoms with E-state index in [1.165, 1.54) is 10.3 Å². The number of para-hydroxylation sites is 1. The molecule has 0 fully saturated rings. The number of fused-ring (bicyclic) bond motifs is 4. The Morgan fingerprint density at radius 2 is 1.19 bits per heavy atom. The zero-order valence-corrected chi connectivity index (χ0v) is 23.4. The third-order valence-electron chi connectivity index (χ3n) is 7.49. The second kappa shape index (κ2) is 10.3. The first-order valence-corrected chi connectivity index (χ1v) is 14.7. The maximum absolute atomic E-state index is 6.41. The van der Waals surface area contributed by atoms with E-state index < -0.39 is 0 Å². The SMILES string of the molecule is c1ccc(Sc2cc(-c3ccccc3)cc(-c3nc(-c4ccc5ccccc5c4)c4oc5ccccc5c4n3)c2)cc1. The Bertz CT molecular complexity index is 2220. The van der Waals surface area contributed by atoms with Crippen LogP contribution in [-0.2, 0) is 0 Å². The average molecular weight is 557 g/mol. The molecule has 0 unspecified atom stereocenters. The van der Waals surface area contributed by atoms with Gasteiger partial charge in [-0.1, -0.05) is 109 Å². The second-order valence-electron chi connectivity index (χ2n) is 10.3. The first-order chi connectivity index (χ1) is 20.8. The fraction of sp³-hybridized carbons (Fsp3) is 0. The topological polar surface area (TPSA) is 38.9 Å². The van der Waals surface area contributed by atoms with Gasteiger partial charge in [0.05, 0.1) is 0 Å². The molecule has 3 nitrogen and oxygen atoms in total. The van der Waals surface area contributed by atoms with Crippen molar-refractivity contribution in [3.8, 4) is 33.8 Å². The van der Waals surface area contributed by atoms with Crippen molar-refractivity contribution in [3.05, 3.63) is 146 Å². The molecule has 0 radical (unpaired) electrons. The minimum atomic E-state index is 0.671. The Balaban J connectivity index is 1.37. The lowest BCUT2D eigenvalue weighted by molar-refractivity contribution is 0.667. The van der Waals surface area contributed by atoms with Gasteiger partial charge in [-0.15, -0.1) is 0 Å². The van der Waals surface area contributed by atoms with Crippen molar-refractivity contribution in [3.63, 3.8) is 0 Å². The van der Waals surface area contributed by atoms with E-state index in [2.05, 4.69) is 115 Å². The summed E-state index contributed by atoms with van der Waals surface area (Å²) in [5.41, 5.74) is 7.36. The first kappa shape index (κ1) is 24.6. The molecule has 0 amide bonds. The monoisotopic (exact) mass is 556 g/mol. The van der Waals surface area contributed by atoms with Crippen LogP contribution in [0.15, 0.2) is 160 Å². The van der Waals surface area contributed by atoms with Crippen molar-refractivity contribution in [2.45, 2.75) is 9.79 Å². The molecular weight excluding hydrogens is 532 g/mol.